The van der Waals surface area contributed by atoms with Crippen molar-refractivity contribution in [2.75, 3.05) is 0 Å². The molecule has 0 aliphatic rings. The summed E-state index contributed by atoms with van der Waals surface area (Å²) in [6.07, 6.45) is 0. The molecule has 0 rings (SSSR count). The van der Waals surface area contributed by atoms with E-state index >= 15 is 0 Å². The minimum absolute atomic E-state index is 0. The van der Waals surface area contributed by atoms with E-state index in [1.165, 1.54) is 0 Å². The third kappa shape index (κ3) is 76.1. The molecule has 0 N–H and O–H groups in total. The first-order chi connectivity index (χ1) is 2.00. The monoisotopic (exact) mass is 449 g/mol. The van der Waals surface area contributed by atoms with Gasteiger partial charge in [0.15, 0.2) is 0 Å². The molecule has 0 saturated heterocycles. The van der Waals surface area contributed by atoms with Gasteiger partial charge in [-0.15, -0.1) is 0 Å². The molecule has 0 amide bonds. The van der Waals surface area contributed by atoms with Crippen molar-refractivity contribution in [2.45, 2.75) is 0 Å². The molecule has 3 radical (unpaired) electrons. The molecule has 0 heterocycles. The first kappa shape index (κ1) is 16.0. The van der Waals surface area contributed by atoms with Crippen LogP contribution in [0.2, 0.25) is 0 Å². The normalized spacial score (nSPS) is 8.43. The number of rotatable bonds is 0. The summed E-state index contributed by atoms with van der Waals surface area (Å²) in [5.41, 5.74) is 0. The summed E-state index contributed by atoms with van der Waals surface area (Å²) >= 11 is -6.10. The zero-order valence-electron chi connectivity index (χ0n) is 2.91. The summed E-state index contributed by atoms with van der Waals surface area (Å²) in [7, 11) is 0. The van der Waals surface area contributed by atoms with E-state index in [0.29, 0.717) is 0 Å². The quantitative estimate of drug-likeness (QED) is 0.349. The fourth-order valence-electron chi connectivity index (χ4n) is 0. The maximum atomic E-state index is 8.64. The first-order valence-corrected chi connectivity index (χ1v) is 4.90. The van der Waals surface area contributed by atoms with E-state index in [1.54, 1.807) is 0 Å². The van der Waals surface area contributed by atoms with E-state index in [2.05, 4.69) is 0 Å². The second-order valence-corrected chi connectivity index (χ2v) is 3.00. The van der Waals surface area contributed by atoms with Crippen LogP contribution >= 0.6 is 0 Å². The van der Waals surface area contributed by atoms with E-state index in [4.69, 9.17) is 13.2 Å². The van der Waals surface area contributed by atoms with Gasteiger partial charge in [0.25, 0.3) is 0 Å². The van der Waals surface area contributed by atoms with Crippen molar-refractivity contribution in [3.8, 4) is 0 Å². The zero-order chi connectivity index (χ0) is 4.50. The van der Waals surface area contributed by atoms with Crippen LogP contribution in [0.3, 0.4) is 0 Å². The van der Waals surface area contributed by atoms with Gasteiger partial charge in [0.2, 0.25) is 0 Å². The van der Waals surface area contributed by atoms with Gasteiger partial charge in [-0.2, -0.15) is 0 Å². The Morgan fingerprint density at radius 2 is 1.14 bits per heavy atom. The Bertz CT molecular complexity index is 57.8. The Hall–Kier alpha value is 1.90. The third-order valence-corrected chi connectivity index (χ3v) is 0. The maximum absolute atomic E-state index is 8.64. The molecule has 0 aliphatic heterocycles. The van der Waals surface area contributed by atoms with Crippen molar-refractivity contribution in [3.63, 3.8) is 0 Å². The molecule has 0 aromatic rings. The van der Waals surface area contributed by atoms with E-state index in [-0.39, 0.29) is 43.3 Å². The van der Waals surface area contributed by atoms with Crippen LogP contribution in [-0.2, 0) is 20.1 Å². The molecular formula is BiMnO4Sb. The summed E-state index contributed by atoms with van der Waals surface area (Å²) in [5, 5.41) is 0. The molecule has 0 atom stereocenters. The molecule has 0 fully saturated rings. The van der Waals surface area contributed by atoms with Crippen LogP contribution in [0.1, 0.15) is 0 Å². The molecule has 0 aromatic carbocycles. The van der Waals surface area contributed by atoms with E-state index < -0.39 is 20.1 Å². The van der Waals surface area contributed by atoms with Crippen molar-refractivity contribution in [2.24, 2.45) is 0 Å². The summed E-state index contributed by atoms with van der Waals surface area (Å²) in [6, 6.07) is 0. The molecule has 0 bridgehead atoms. The summed E-state index contributed by atoms with van der Waals surface area (Å²) in [6.45, 7) is 0. The Morgan fingerprint density at radius 1 is 1.14 bits per heavy atom. The van der Waals surface area contributed by atoms with Gasteiger partial charge in [-0.25, -0.2) is 0 Å². The molecule has 7 heavy (non-hydrogen) atoms. The standard InChI is InChI=1S/Bi.Mn.4O.Sb/q+3;;;3*-1;. The molecular weight excluding hydrogens is 450 g/mol. The van der Waals surface area contributed by atoms with Crippen molar-refractivity contribution >= 4 is 46.3 Å². The minimum atomic E-state index is -6.10. The average molecular weight is 450 g/mol. The second-order valence-electron chi connectivity index (χ2n) is 0.447. The van der Waals surface area contributed by atoms with Gasteiger partial charge in [0.1, 0.15) is 0 Å². The predicted molar refractivity (Wildman–Crippen MR) is 12.2 cm³/mol. The Morgan fingerprint density at radius 3 is 1.14 bits per heavy atom. The molecule has 4 nitrogen and oxygen atoms in total. The SMILES string of the molecule is [Bi+3].[Mn].[O]=[Sb]([O-])([O-])[O-]. The van der Waals surface area contributed by atoms with Crippen LogP contribution in [0.4, 0.5) is 0 Å². The van der Waals surface area contributed by atoms with Crippen molar-refractivity contribution in [1.82, 2.24) is 0 Å². The van der Waals surface area contributed by atoms with Gasteiger partial charge in [0, 0.05) is 17.1 Å². The molecule has 7 heteroatoms. The molecule has 41 valence electrons. The summed E-state index contributed by atoms with van der Waals surface area (Å²) in [5.74, 6) is 0. The summed E-state index contributed by atoms with van der Waals surface area (Å²) in [4.78, 5) is 0. The summed E-state index contributed by atoms with van der Waals surface area (Å²) < 4.78 is 34.6. The molecule has 0 saturated carbocycles. The fraction of sp³-hybridized carbons (Fsp3) is 0. The van der Waals surface area contributed by atoms with Gasteiger partial charge >= 0.3 is 59.4 Å². The first-order valence-electron chi connectivity index (χ1n) is 0.730. The van der Waals surface area contributed by atoms with Gasteiger partial charge in [-0.1, -0.05) is 0 Å². The molecule has 0 aromatic heterocycles. The zero-order valence-corrected chi connectivity index (χ0v) is 10.1. The average Bonchev–Trinajstić information content (AvgIpc) is 0.722. The Kier molecular flexibility index (Phi) is 13.7. The Labute approximate surface area is 75.6 Å². The van der Waals surface area contributed by atoms with E-state index in [9.17, 15) is 0 Å². The topological polar surface area (TPSA) is 86.2 Å². The second kappa shape index (κ2) is 6.03. The third-order valence-electron chi connectivity index (χ3n) is 0. The van der Waals surface area contributed by atoms with Crippen LogP contribution in [-0.4, -0.2) is 46.3 Å². The van der Waals surface area contributed by atoms with Gasteiger partial charge in [0.05, 0.1) is 0 Å². The van der Waals surface area contributed by atoms with Gasteiger partial charge in [-0.3, -0.25) is 0 Å². The van der Waals surface area contributed by atoms with Crippen molar-refractivity contribution in [3.05, 3.63) is 0 Å². The fourth-order valence-corrected chi connectivity index (χ4v) is 0. The molecule has 0 aliphatic carbocycles. The molecule has 0 spiro atoms. The van der Waals surface area contributed by atoms with E-state index in [1.807, 2.05) is 0 Å². The van der Waals surface area contributed by atoms with Gasteiger partial charge in [-0.05, 0) is 0 Å². The van der Waals surface area contributed by atoms with Crippen LogP contribution in [0.15, 0.2) is 0 Å². The van der Waals surface area contributed by atoms with Crippen LogP contribution < -0.4 is 10.2 Å². The van der Waals surface area contributed by atoms with Crippen LogP contribution in [0.25, 0.3) is 0 Å². The Balaban J connectivity index is -0.0000000800. The molecule has 0 unspecified atom stereocenters. The van der Waals surface area contributed by atoms with Crippen LogP contribution in [0, 0.1) is 0 Å². The van der Waals surface area contributed by atoms with Crippen LogP contribution in [0.5, 0.6) is 0 Å². The predicted octanol–water partition coefficient (Wildman–Crippen LogP) is -4.45. The number of hydrogen-bond acceptors (Lipinski definition) is 4. The number of hydrogen-bond donors (Lipinski definition) is 0. The van der Waals surface area contributed by atoms with Crippen molar-refractivity contribution in [1.29, 1.82) is 0 Å². The van der Waals surface area contributed by atoms with Crippen molar-refractivity contribution < 1.29 is 30.2 Å². The van der Waals surface area contributed by atoms with Gasteiger partial charge < -0.3 is 0 Å². The van der Waals surface area contributed by atoms with E-state index in [0.717, 1.165) is 0 Å².